The summed E-state index contributed by atoms with van der Waals surface area (Å²) in [6.45, 7) is 1.64. The largest absolute Gasteiger partial charge is 0.465 e. The first-order valence-corrected chi connectivity index (χ1v) is 4.58. The Balaban J connectivity index is 3.37. The van der Waals surface area contributed by atoms with E-state index in [0.717, 1.165) is 0 Å². The summed E-state index contributed by atoms with van der Waals surface area (Å²) in [5.74, 6) is -1.06. The predicted octanol–water partition coefficient (Wildman–Crippen LogP) is 1.15. The fourth-order valence-corrected chi connectivity index (χ4v) is 1.38. The molecule has 0 aliphatic rings. The van der Waals surface area contributed by atoms with Gasteiger partial charge in [0, 0.05) is 5.69 Å². The first-order valence-electron chi connectivity index (χ1n) is 4.58. The van der Waals surface area contributed by atoms with E-state index < -0.39 is 11.9 Å². The van der Waals surface area contributed by atoms with Crippen molar-refractivity contribution in [2.24, 2.45) is 0 Å². The molecule has 0 heterocycles. The van der Waals surface area contributed by atoms with Gasteiger partial charge in [-0.2, -0.15) is 0 Å². The molecule has 0 fully saturated rings. The summed E-state index contributed by atoms with van der Waals surface area (Å²) in [6, 6.07) is 2.93. The van der Waals surface area contributed by atoms with Crippen LogP contribution in [0.1, 0.15) is 26.3 Å². The van der Waals surface area contributed by atoms with Gasteiger partial charge >= 0.3 is 11.9 Å². The van der Waals surface area contributed by atoms with Crippen LogP contribution in [0.4, 0.5) is 5.69 Å². The van der Waals surface area contributed by atoms with Crippen LogP contribution in [0.25, 0.3) is 0 Å². The van der Waals surface area contributed by atoms with Crippen LogP contribution < -0.4 is 5.73 Å². The zero-order valence-corrected chi connectivity index (χ0v) is 9.37. The number of esters is 2. The van der Waals surface area contributed by atoms with Gasteiger partial charge in [-0.3, -0.25) is 0 Å². The van der Waals surface area contributed by atoms with Gasteiger partial charge in [-0.1, -0.05) is 0 Å². The van der Waals surface area contributed by atoms with Crippen LogP contribution in [-0.4, -0.2) is 26.2 Å². The van der Waals surface area contributed by atoms with Crippen molar-refractivity contribution in [3.8, 4) is 0 Å². The van der Waals surface area contributed by atoms with Crippen molar-refractivity contribution in [1.29, 1.82) is 0 Å². The minimum atomic E-state index is -0.532. The summed E-state index contributed by atoms with van der Waals surface area (Å²) in [5, 5.41) is 0. The fraction of sp³-hybridized carbons (Fsp3) is 0.273. The lowest BCUT2D eigenvalue weighted by Crippen LogP contribution is -2.11. The van der Waals surface area contributed by atoms with Gasteiger partial charge in [0.05, 0.1) is 25.3 Å². The Labute approximate surface area is 93.1 Å². The number of ether oxygens (including phenoxy) is 2. The number of methoxy groups -OCH3 is 2. The minimum Gasteiger partial charge on any atom is -0.465 e. The lowest BCUT2D eigenvalue weighted by atomic mass is 10.0. The summed E-state index contributed by atoms with van der Waals surface area (Å²) in [5.41, 5.74) is 6.94. The molecule has 0 bridgehead atoms. The Morgan fingerprint density at radius 3 is 1.75 bits per heavy atom. The van der Waals surface area contributed by atoms with Gasteiger partial charge in [0.15, 0.2) is 0 Å². The quantitative estimate of drug-likeness (QED) is 0.601. The molecular weight excluding hydrogens is 210 g/mol. The predicted molar refractivity (Wildman–Crippen MR) is 58.3 cm³/mol. The van der Waals surface area contributed by atoms with Gasteiger partial charge in [0.2, 0.25) is 0 Å². The molecule has 0 spiro atoms. The zero-order valence-electron chi connectivity index (χ0n) is 9.37. The van der Waals surface area contributed by atoms with Crippen LogP contribution in [0.3, 0.4) is 0 Å². The molecule has 2 N–H and O–H groups in total. The Kier molecular flexibility index (Phi) is 3.50. The molecule has 0 aliphatic carbocycles. The van der Waals surface area contributed by atoms with Gasteiger partial charge in [0.1, 0.15) is 0 Å². The normalized spacial score (nSPS) is 9.69. The van der Waals surface area contributed by atoms with E-state index in [1.165, 1.54) is 26.4 Å². The Bertz CT molecular complexity index is 403. The molecule has 0 radical (unpaired) electrons. The maximum absolute atomic E-state index is 11.4. The highest BCUT2D eigenvalue weighted by molar-refractivity contribution is 5.99. The van der Waals surface area contributed by atoms with Crippen LogP contribution in [0.15, 0.2) is 12.1 Å². The number of anilines is 1. The maximum Gasteiger partial charge on any atom is 0.338 e. The molecule has 0 unspecified atom stereocenters. The first-order chi connectivity index (χ1) is 7.51. The van der Waals surface area contributed by atoms with Crippen molar-refractivity contribution >= 4 is 17.6 Å². The summed E-state index contributed by atoms with van der Waals surface area (Å²) in [7, 11) is 2.53. The summed E-state index contributed by atoms with van der Waals surface area (Å²) in [4.78, 5) is 22.8. The van der Waals surface area contributed by atoms with Gasteiger partial charge in [-0.25, -0.2) is 9.59 Å². The number of carbonyl (C=O) groups is 2. The molecule has 0 saturated heterocycles. The number of hydrogen-bond donors (Lipinski definition) is 1. The van der Waals surface area contributed by atoms with Crippen molar-refractivity contribution < 1.29 is 19.1 Å². The molecule has 5 heteroatoms. The molecule has 0 amide bonds. The Morgan fingerprint density at radius 2 is 1.44 bits per heavy atom. The van der Waals surface area contributed by atoms with Crippen molar-refractivity contribution in [3.05, 3.63) is 28.8 Å². The summed E-state index contributed by atoms with van der Waals surface area (Å²) < 4.78 is 9.19. The molecule has 5 nitrogen and oxygen atoms in total. The molecule has 0 aliphatic heterocycles. The first kappa shape index (κ1) is 12.0. The third kappa shape index (κ3) is 2.13. The number of hydrogen-bond acceptors (Lipinski definition) is 5. The van der Waals surface area contributed by atoms with E-state index in [1.807, 2.05) is 0 Å². The molecular formula is C11H13NO4. The maximum atomic E-state index is 11.4. The minimum absolute atomic E-state index is 0.267. The van der Waals surface area contributed by atoms with E-state index in [2.05, 4.69) is 9.47 Å². The highest BCUT2D eigenvalue weighted by atomic mass is 16.5. The van der Waals surface area contributed by atoms with E-state index in [9.17, 15) is 9.59 Å². The molecule has 0 saturated carbocycles. The topological polar surface area (TPSA) is 78.6 Å². The van der Waals surface area contributed by atoms with Crippen LogP contribution in [0.2, 0.25) is 0 Å². The van der Waals surface area contributed by atoms with Crippen molar-refractivity contribution in [1.82, 2.24) is 0 Å². The van der Waals surface area contributed by atoms with Crippen LogP contribution >= 0.6 is 0 Å². The van der Waals surface area contributed by atoms with Crippen molar-refractivity contribution in [3.63, 3.8) is 0 Å². The van der Waals surface area contributed by atoms with Crippen LogP contribution in [0, 0.1) is 6.92 Å². The van der Waals surface area contributed by atoms with Crippen LogP contribution in [-0.2, 0) is 9.47 Å². The molecule has 1 aromatic carbocycles. The molecule has 86 valence electrons. The monoisotopic (exact) mass is 223 g/mol. The number of rotatable bonds is 2. The fourth-order valence-electron chi connectivity index (χ4n) is 1.38. The zero-order chi connectivity index (χ0) is 12.3. The van der Waals surface area contributed by atoms with Gasteiger partial charge in [-0.05, 0) is 24.6 Å². The van der Waals surface area contributed by atoms with E-state index in [1.54, 1.807) is 6.92 Å². The Hall–Kier alpha value is -2.04. The van der Waals surface area contributed by atoms with Gasteiger partial charge < -0.3 is 15.2 Å². The average molecular weight is 223 g/mol. The SMILES string of the molecule is COC(=O)c1cc(N)cc(C(=O)OC)c1C. The summed E-state index contributed by atoms with van der Waals surface area (Å²) >= 11 is 0. The summed E-state index contributed by atoms with van der Waals surface area (Å²) in [6.07, 6.45) is 0. The number of nitrogens with two attached hydrogens (primary N) is 1. The van der Waals surface area contributed by atoms with E-state index in [0.29, 0.717) is 11.3 Å². The molecule has 16 heavy (non-hydrogen) atoms. The van der Waals surface area contributed by atoms with Crippen molar-refractivity contribution in [2.45, 2.75) is 6.92 Å². The molecule has 0 aromatic heterocycles. The number of carbonyl (C=O) groups excluding carboxylic acids is 2. The Morgan fingerprint density at radius 1 is 1.06 bits per heavy atom. The third-order valence-electron chi connectivity index (χ3n) is 2.24. The number of nitrogen functional groups attached to an aromatic ring is 1. The van der Waals surface area contributed by atoms with Gasteiger partial charge in [0.25, 0.3) is 0 Å². The van der Waals surface area contributed by atoms with Crippen molar-refractivity contribution in [2.75, 3.05) is 20.0 Å². The van der Waals surface area contributed by atoms with Gasteiger partial charge in [-0.15, -0.1) is 0 Å². The molecule has 0 atom stereocenters. The highest BCUT2D eigenvalue weighted by Gasteiger charge is 2.18. The third-order valence-corrected chi connectivity index (χ3v) is 2.24. The standard InChI is InChI=1S/C11H13NO4/c1-6-8(10(13)15-2)4-7(12)5-9(6)11(14)16-3/h4-5H,12H2,1-3H3. The highest BCUT2D eigenvalue weighted by Crippen LogP contribution is 2.20. The molecule has 1 rings (SSSR count). The van der Waals surface area contributed by atoms with E-state index in [4.69, 9.17) is 5.73 Å². The van der Waals surface area contributed by atoms with E-state index >= 15 is 0 Å². The second-order valence-electron chi connectivity index (χ2n) is 3.22. The van der Waals surface area contributed by atoms with Crippen LogP contribution in [0.5, 0.6) is 0 Å². The van der Waals surface area contributed by atoms with E-state index in [-0.39, 0.29) is 11.1 Å². The second-order valence-corrected chi connectivity index (χ2v) is 3.22. The lowest BCUT2D eigenvalue weighted by Gasteiger charge is -2.09. The second kappa shape index (κ2) is 4.65. The average Bonchev–Trinajstić information content (AvgIpc) is 2.29. The molecule has 1 aromatic rings. The lowest BCUT2D eigenvalue weighted by molar-refractivity contribution is 0.0598. The number of benzene rings is 1. The smallest absolute Gasteiger partial charge is 0.338 e.